The van der Waals surface area contributed by atoms with Crippen molar-refractivity contribution < 1.29 is 0 Å². The first kappa shape index (κ1) is 34.7. The van der Waals surface area contributed by atoms with Crippen LogP contribution in [0.4, 0.5) is 17.1 Å². The number of aromatic nitrogens is 3. The number of para-hydroxylation sites is 2. The number of fused-ring (bicyclic) bond motifs is 14. The zero-order valence-electron chi connectivity index (χ0n) is 35.3. The van der Waals surface area contributed by atoms with Crippen molar-refractivity contribution in [3.63, 3.8) is 0 Å². The lowest BCUT2D eigenvalue weighted by Crippen LogP contribution is -2.11. The molecule has 0 atom stereocenters. The van der Waals surface area contributed by atoms with Gasteiger partial charge in [-0.05, 0) is 111 Å². The van der Waals surface area contributed by atoms with Crippen LogP contribution in [0.3, 0.4) is 0 Å². The predicted molar refractivity (Wildman–Crippen MR) is 261 cm³/mol. The first-order valence-corrected chi connectivity index (χ1v) is 21.6. The number of benzene rings is 8. The van der Waals surface area contributed by atoms with Crippen molar-refractivity contribution in [2.75, 3.05) is 4.90 Å². The number of hydrogen-bond acceptors (Lipinski definition) is 2. The Kier molecular flexibility index (Phi) is 6.69. The molecule has 0 aliphatic rings. The van der Waals surface area contributed by atoms with Gasteiger partial charge in [0.15, 0.2) is 0 Å². The molecule has 13 aromatic rings. The van der Waals surface area contributed by atoms with Gasteiger partial charge in [-0.1, -0.05) is 126 Å². The Hall–Kier alpha value is -7.17. The topological polar surface area (TPSA) is 25.0 Å². The molecule has 0 radical (unpaired) electrons. The van der Waals surface area contributed by atoms with Crippen LogP contribution in [-0.4, -0.2) is 13.8 Å². The van der Waals surface area contributed by atoms with Crippen molar-refractivity contribution in [3.05, 3.63) is 169 Å². The monoisotopic (exact) mass is 784 g/mol. The van der Waals surface area contributed by atoms with Gasteiger partial charge in [0.05, 0.1) is 38.8 Å². The van der Waals surface area contributed by atoms with Crippen molar-refractivity contribution in [2.24, 2.45) is 0 Å². The van der Waals surface area contributed by atoms with E-state index in [-0.39, 0.29) is 10.8 Å². The maximum absolute atomic E-state index is 5.94. The van der Waals surface area contributed by atoms with E-state index in [0.717, 1.165) is 33.7 Å². The third kappa shape index (κ3) is 4.68. The van der Waals surface area contributed by atoms with Crippen molar-refractivity contribution in [3.8, 4) is 0 Å². The van der Waals surface area contributed by atoms with Gasteiger partial charge in [0.1, 0.15) is 5.65 Å². The van der Waals surface area contributed by atoms with E-state index in [9.17, 15) is 0 Å². The highest BCUT2D eigenvalue weighted by atomic mass is 15.2. The van der Waals surface area contributed by atoms with Crippen molar-refractivity contribution in [1.29, 1.82) is 0 Å². The molecule has 61 heavy (non-hydrogen) atoms. The molecule has 4 heteroatoms. The Morgan fingerprint density at radius 3 is 1.52 bits per heavy atom. The number of rotatable bonds is 3. The molecule has 0 aliphatic carbocycles. The van der Waals surface area contributed by atoms with Crippen LogP contribution >= 0.6 is 0 Å². The van der Waals surface area contributed by atoms with Crippen molar-refractivity contribution in [1.82, 2.24) is 13.8 Å². The molecule has 5 aromatic heterocycles. The maximum atomic E-state index is 5.94. The summed E-state index contributed by atoms with van der Waals surface area (Å²) in [7, 11) is 0. The van der Waals surface area contributed by atoms with E-state index in [1.54, 1.807) is 0 Å². The molecule has 292 valence electrons. The zero-order chi connectivity index (χ0) is 41.1. The lowest BCUT2D eigenvalue weighted by molar-refractivity contribution is 0.591. The molecular formula is C57H44N4. The molecule has 0 N–H and O–H groups in total. The van der Waals surface area contributed by atoms with E-state index in [1.807, 2.05) is 0 Å². The number of anilines is 3. The van der Waals surface area contributed by atoms with Crippen LogP contribution in [0.5, 0.6) is 0 Å². The summed E-state index contributed by atoms with van der Waals surface area (Å²) in [6, 6.07) is 58.8. The van der Waals surface area contributed by atoms with Gasteiger partial charge in [-0.25, -0.2) is 4.98 Å². The summed E-state index contributed by atoms with van der Waals surface area (Å²) in [5.74, 6) is 0. The largest absolute Gasteiger partial charge is 0.308 e. The molecule has 4 nitrogen and oxygen atoms in total. The van der Waals surface area contributed by atoms with E-state index < -0.39 is 0 Å². The number of nitrogens with zero attached hydrogens (tertiary/aromatic N) is 4. The van der Waals surface area contributed by atoms with Gasteiger partial charge < -0.3 is 9.30 Å². The summed E-state index contributed by atoms with van der Waals surface area (Å²) in [4.78, 5) is 8.40. The van der Waals surface area contributed by atoms with Gasteiger partial charge >= 0.3 is 0 Å². The standard InChI is InChI=1S/C57H44N4/c1-56(2,3)36-29-44-42-26-35-19-15-16-24-40(35)53(59(38-20-9-7-10-21-38)39-22-11-8-12-23-39)54(42)61-51(44)45(30-36)46-32-49-50(58-55(46)61)47-31-37(57(4,5)6)28-43-41-25-33-17-13-14-18-34(33)27-48(41)60(49)52(43)47/h7-32H,1-6H3. The molecule has 0 saturated heterocycles. The van der Waals surface area contributed by atoms with Gasteiger partial charge in [0.25, 0.3) is 0 Å². The molecule has 0 unspecified atom stereocenters. The Morgan fingerprint density at radius 1 is 0.393 bits per heavy atom. The summed E-state index contributed by atoms with van der Waals surface area (Å²) in [6.45, 7) is 14.0. The third-order valence-corrected chi connectivity index (χ3v) is 13.5. The zero-order valence-corrected chi connectivity index (χ0v) is 35.3. The highest BCUT2D eigenvalue weighted by Gasteiger charge is 2.30. The minimum atomic E-state index is -0.0741. The van der Waals surface area contributed by atoms with E-state index in [2.05, 4.69) is 213 Å². The Bertz CT molecular complexity index is 3890. The maximum Gasteiger partial charge on any atom is 0.146 e. The minimum Gasteiger partial charge on any atom is -0.308 e. The van der Waals surface area contributed by atoms with E-state index in [4.69, 9.17) is 4.98 Å². The van der Waals surface area contributed by atoms with E-state index in [1.165, 1.54) is 92.4 Å². The number of pyridine rings is 1. The Balaban J connectivity index is 1.28. The van der Waals surface area contributed by atoms with Crippen molar-refractivity contribution in [2.45, 2.75) is 52.4 Å². The minimum absolute atomic E-state index is 0.0495. The van der Waals surface area contributed by atoms with Crippen LogP contribution < -0.4 is 4.90 Å². The molecular weight excluding hydrogens is 741 g/mol. The summed E-state index contributed by atoms with van der Waals surface area (Å²) >= 11 is 0. The smallest absolute Gasteiger partial charge is 0.146 e. The summed E-state index contributed by atoms with van der Waals surface area (Å²) < 4.78 is 5.04. The highest BCUT2D eigenvalue weighted by Crippen LogP contribution is 2.51. The fourth-order valence-electron chi connectivity index (χ4n) is 10.5. The fraction of sp³-hybridized carbons (Fsp3) is 0.140. The normalized spacial score (nSPS) is 13.1. The fourth-order valence-corrected chi connectivity index (χ4v) is 10.5. The quantitative estimate of drug-likeness (QED) is 0.178. The van der Waals surface area contributed by atoms with Crippen LogP contribution in [0.25, 0.3) is 98.0 Å². The highest BCUT2D eigenvalue weighted by molar-refractivity contribution is 6.31. The van der Waals surface area contributed by atoms with E-state index in [0.29, 0.717) is 0 Å². The summed E-state index contributed by atoms with van der Waals surface area (Å²) in [5.41, 5.74) is 14.0. The summed E-state index contributed by atoms with van der Waals surface area (Å²) in [6.07, 6.45) is 0. The van der Waals surface area contributed by atoms with E-state index >= 15 is 0 Å². The van der Waals surface area contributed by atoms with Crippen molar-refractivity contribution >= 4 is 115 Å². The van der Waals surface area contributed by atoms with Crippen LogP contribution in [0.1, 0.15) is 52.7 Å². The second-order valence-corrected chi connectivity index (χ2v) is 19.3. The van der Waals surface area contributed by atoms with Gasteiger partial charge in [-0.2, -0.15) is 0 Å². The van der Waals surface area contributed by atoms with Crippen LogP contribution in [0, 0.1) is 0 Å². The molecule has 0 fully saturated rings. The molecule has 0 amide bonds. The molecule has 0 aliphatic heterocycles. The summed E-state index contributed by atoms with van der Waals surface area (Å²) in [5, 5.41) is 13.6. The average molecular weight is 785 g/mol. The molecule has 0 spiro atoms. The molecule has 5 heterocycles. The van der Waals surface area contributed by atoms with Crippen LogP contribution in [0.15, 0.2) is 158 Å². The van der Waals surface area contributed by atoms with Gasteiger partial charge in [0.2, 0.25) is 0 Å². The van der Waals surface area contributed by atoms with Crippen LogP contribution in [-0.2, 0) is 10.8 Å². The lowest BCUT2D eigenvalue weighted by atomic mass is 9.85. The first-order chi connectivity index (χ1) is 29.5. The average Bonchev–Trinajstić information content (AvgIpc) is 3.97. The molecule has 0 saturated carbocycles. The van der Waals surface area contributed by atoms with Gasteiger partial charge in [-0.3, -0.25) is 4.40 Å². The SMILES string of the molecule is CC(C)(C)c1cc2c3cc4ccccc4cc3n3c4cc5c6cc(C(C)(C)C)cc7c8cc9ccccc9c(N(c9ccccc9)c9ccccc9)c8n(c5nc4c(c1)c23)c67. The Morgan fingerprint density at radius 2 is 0.885 bits per heavy atom. The second kappa shape index (κ2) is 11.8. The van der Waals surface area contributed by atoms with Gasteiger partial charge in [-0.15, -0.1) is 0 Å². The predicted octanol–water partition coefficient (Wildman–Crippen LogP) is 15.8. The Labute approximate surface area is 353 Å². The molecule has 13 rings (SSSR count). The van der Waals surface area contributed by atoms with Crippen LogP contribution in [0.2, 0.25) is 0 Å². The molecule has 8 aromatic carbocycles. The number of hydrogen-bond donors (Lipinski definition) is 0. The first-order valence-electron chi connectivity index (χ1n) is 21.6. The third-order valence-electron chi connectivity index (χ3n) is 13.5. The second-order valence-electron chi connectivity index (χ2n) is 19.3. The molecule has 0 bridgehead atoms. The van der Waals surface area contributed by atoms with Gasteiger partial charge in [0, 0.05) is 54.5 Å². The lowest BCUT2D eigenvalue weighted by Gasteiger charge is -2.28.